The second-order valence-electron chi connectivity index (χ2n) is 5.13. The Morgan fingerprint density at radius 2 is 2.12 bits per heavy atom. The minimum absolute atomic E-state index is 0.188. The van der Waals surface area contributed by atoms with Crippen molar-refractivity contribution in [2.75, 3.05) is 6.61 Å². The number of fused-ring (bicyclic) bond motifs is 1. The molecule has 0 amide bonds. The van der Waals surface area contributed by atoms with E-state index in [1.54, 1.807) is 0 Å². The third-order valence-electron chi connectivity index (χ3n) is 3.99. The van der Waals surface area contributed by atoms with Gasteiger partial charge >= 0.3 is 0 Å². The Labute approximate surface area is 102 Å². The van der Waals surface area contributed by atoms with Crippen molar-refractivity contribution in [2.24, 2.45) is 5.92 Å². The molecule has 0 aromatic heterocycles. The van der Waals surface area contributed by atoms with Gasteiger partial charge in [-0.05, 0) is 37.7 Å². The Morgan fingerprint density at radius 3 is 2.94 bits per heavy atom. The highest BCUT2D eigenvalue weighted by atomic mass is 16.5. The molecule has 17 heavy (non-hydrogen) atoms. The van der Waals surface area contributed by atoms with E-state index in [-0.39, 0.29) is 5.92 Å². The molecule has 0 radical (unpaired) electrons. The minimum Gasteiger partial charge on any atom is -0.378 e. The maximum atomic E-state index is 12.3. The predicted octanol–water partition coefficient (Wildman–Crippen LogP) is 3.00. The Balaban J connectivity index is 1.74. The first-order valence-corrected chi connectivity index (χ1v) is 6.58. The number of benzene rings is 1. The Bertz CT molecular complexity index is 419. The molecule has 1 heterocycles. The van der Waals surface area contributed by atoms with Crippen molar-refractivity contribution >= 4 is 5.78 Å². The van der Waals surface area contributed by atoms with Gasteiger partial charge in [-0.15, -0.1) is 0 Å². The van der Waals surface area contributed by atoms with E-state index in [1.807, 2.05) is 18.2 Å². The van der Waals surface area contributed by atoms with E-state index in [9.17, 15) is 4.79 Å². The maximum absolute atomic E-state index is 12.3. The first-order chi connectivity index (χ1) is 8.34. The van der Waals surface area contributed by atoms with Gasteiger partial charge < -0.3 is 4.74 Å². The molecule has 2 heteroatoms. The van der Waals surface area contributed by atoms with Gasteiger partial charge in [0.05, 0.1) is 6.10 Å². The summed E-state index contributed by atoms with van der Waals surface area (Å²) >= 11 is 0. The summed E-state index contributed by atoms with van der Waals surface area (Å²) in [6, 6.07) is 8.03. The lowest BCUT2D eigenvalue weighted by Crippen LogP contribution is -2.26. The van der Waals surface area contributed by atoms with Crippen molar-refractivity contribution in [3.8, 4) is 0 Å². The van der Waals surface area contributed by atoms with Gasteiger partial charge in [0, 0.05) is 18.1 Å². The van der Waals surface area contributed by atoms with Crippen LogP contribution in [0.3, 0.4) is 0 Å². The predicted molar refractivity (Wildman–Crippen MR) is 66.2 cm³/mol. The van der Waals surface area contributed by atoms with Gasteiger partial charge in [0.2, 0.25) is 0 Å². The number of hydrogen-bond acceptors (Lipinski definition) is 2. The Hall–Kier alpha value is -1.15. The lowest BCUT2D eigenvalue weighted by Gasteiger charge is -2.25. The number of carbonyl (C=O) groups excluding carboxylic acids is 1. The van der Waals surface area contributed by atoms with E-state index >= 15 is 0 Å². The second-order valence-corrected chi connectivity index (χ2v) is 5.13. The highest BCUT2D eigenvalue weighted by Crippen LogP contribution is 2.30. The summed E-state index contributed by atoms with van der Waals surface area (Å²) in [4.78, 5) is 12.3. The molecule has 2 nitrogen and oxygen atoms in total. The normalized spacial score (nSPS) is 28.1. The number of carbonyl (C=O) groups is 1. The molecule has 1 saturated heterocycles. The summed E-state index contributed by atoms with van der Waals surface area (Å²) in [6.07, 6.45) is 5.57. The van der Waals surface area contributed by atoms with Gasteiger partial charge in [-0.3, -0.25) is 4.79 Å². The molecule has 1 aliphatic carbocycles. The van der Waals surface area contributed by atoms with Crippen LogP contribution in [0.25, 0.3) is 0 Å². The molecule has 0 saturated carbocycles. The van der Waals surface area contributed by atoms with Crippen LogP contribution in [-0.4, -0.2) is 18.5 Å². The van der Waals surface area contributed by atoms with Gasteiger partial charge in [0.1, 0.15) is 0 Å². The van der Waals surface area contributed by atoms with Crippen LogP contribution in [0, 0.1) is 5.92 Å². The molecular formula is C15H18O2. The lowest BCUT2D eigenvalue weighted by molar-refractivity contribution is 0.0700. The molecule has 1 fully saturated rings. The zero-order valence-electron chi connectivity index (χ0n) is 10.0. The molecule has 1 aromatic carbocycles. The molecule has 90 valence electrons. The van der Waals surface area contributed by atoms with Gasteiger partial charge in [-0.1, -0.05) is 24.3 Å². The summed E-state index contributed by atoms with van der Waals surface area (Å²) in [7, 11) is 0. The molecule has 1 aliphatic heterocycles. The van der Waals surface area contributed by atoms with Gasteiger partial charge in [0.25, 0.3) is 0 Å². The summed E-state index contributed by atoms with van der Waals surface area (Å²) in [5, 5.41) is 0. The largest absolute Gasteiger partial charge is 0.378 e. The van der Waals surface area contributed by atoms with Crippen LogP contribution in [0.1, 0.15) is 41.6 Å². The van der Waals surface area contributed by atoms with Crippen molar-refractivity contribution in [3.05, 3.63) is 35.4 Å². The van der Waals surface area contributed by atoms with Crippen LogP contribution >= 0.6 is 0 Å². The molecule has 1 aromatic rings. The standard InChI is InChI=1S/C15H18O2/c16-15-12(10-13-5-3-9-17-13)8-7-11-4-1-2-6-14(11)15/h1-2,4,6,12-13H,3,5,7-10H2. The van der Waals surface area contributed by atoms with Gasteiger partial charge in [-0.25, -0.2) is 0 Å². The van der Waals surface area contributed by atoms with E-state index in [4.69, 9.17) is 4.74 Å². The Morgan fingerprint density at radius 1 is 1.24 bits per heavy atom. The van der Waals surface area contributed by atoms with Crippen LogP contribution in [0.4, 0.5) is 0 Å². The third-order valence-corrected chi connectivity index (χ3v) is 3.99. The average Bonchev–Trinajstić information content (AvgIpc) is 2.86. The van der Waals surface area contributed by atoms with Crippen LogP contribution in [0.5, 0.6) is 0 Å². The van der Waals surface area contributed by atoms with Crippen molar-refractivity contribution in [1.29, 1.82) is 0 Å². The van der Waals surface area contributed by atoms with Crippen molar-refractivity contribution < 1.29 is 9.53 Å². The number of ether oxygens (including phenoxy) is 1. The van der Waals surface area contributed by atoms with Gasteiger partial charge in [-0.2, -0.15) is 0 Å². The number of rotatable bonds is 2. The topological polar surface area (TPSA) is 26.3 Å². The van der Waals surface area contributed by atoms with Crippen molar-refractivity contribution in [1.82, 2.24) is 0 Å². The monoisotopic (exact) mass is 230 g/mol. The smallest absolute Gasteiger partial charge is 0.166 e. The summed E-state index contributed by atoms with van der Waals surface area (Å²) in [6.45, 7) is 0.877. The van der Waals surface area contributed by atoms with E-state index in [2.05, 4.69) is 6.07 Å². The fourth-order valence-corrected chi connectivity index (χ4v) is 3.03. The van der Waals surface area contributed by atoms with E-state index in [0.29, 0.717) is 11.9 Å². The molecule has 3 rings (SSSR count). The first kappa shape index (κ1) is 11.0. The highest BCUT2D eigenvalue weighted by Gasteiger charge is 2.30. The lowest BCUT2D eigenvalue weighted by atomic mass is 9.80. The zero-order valence-corrected chi connectivity index (χ0v) is 10.0. The van der Waals surface area contributed by atoms with Crippen LogP contribution < -0.4 is 0 Å². The maximum Gasteiger partial charge on any atom is 0.166 e. The van der Waals surface area contributed by atoms with E-state index in [0.717, 1.165) is 44.3 Å². The highest BCUT2D eigenvalue weighted by molar-refractivity contribution is 6.00. The van der Waals surface area contributed by atoms with E-state index in [1.165, 1.54) is 5.56 Å². The number of hydrogen-bond donors (Lipinski definition) is 0. The number of aryl methyl sites for hydroxylation is 1. The van der Waals surface area contributed by atoms with Crippen LogP contribution in [-0.2, 0) is 11.2 Å². The van der Waals surface area contributed by atoms with Crippen molar-refractivity contribution in [2.45, 2.75) is 38.2 Å². The summed E-state index contributed by atoms with van der Waals surface area (Å²) < 4.78 is 5.64. The van der Waals surface area contributed by atoms with E-state index < -0.39 is 0 Å². The molecule has 0 spiro atoms. The Kier molecular flexibility index (Phi) is 2.98. The quantitative estimate of drug-likeness (QED) is 0.780. The minimum atomic E-state index is 0.188. The second kappa shape index (κ2) is 4.61. The van der Waals surface area contributed by atoms with Gasteiger partial charge in [0.15, 0.2) is 5.78 Å². The summed E-state index contributed by atoms with van der Waals surface area (Å²) in [5.74, 6) is 0.523. The molecule has 2 aliphatic rings. The third kappa shape index (κ3) is 2.14. The SMILES string of the molecule is O=C1c2ccccc2CCC1CC1CCCO1. The zero-order chi connectivity index (χ0) is 11.7. The van der Waals surface area contributed by atoms with Crippen LogP contribution in [0.15, 0.2) is 24.3 Å². The molecular weight excluding hydrogens is 212 g/mol. The average molecular weight is 230 g/mol. The fraction of sp³-hybridized carbons (Fsp3) is 0.533. The summed E-state index contributed by atoms with van der Waals surface area (Å²) in [5.41, 5.74) is 2.17. The fourth-order valence-electron chi connectivity index (χ4n) is 3.03. The molecule has 2 unspecified atom stereocenters. The van der Waals surface area contributed by atoms with Crippen LogP contribution in [0.2, 0.25) is 0 Å². The number of Topliss-reactive ketones (excluding diaryl/α,β-unsaturated/α-hetero) is 1. The first-order valence-electron chi connectivity index (χ1n) is 6.58. The number of ketones is 1. The van der Waals surface area contributed by atoms with Crippen molar-refractivity contribution in [3.63, 3.8) is 0 Å². The molecule has 0 bridgehead atoms. The molecule has 2 atom stereocenters. The molecule has 0 N–H and O–H groups in total.